The number of benzene rings is 1. The summed E-state index contributed by atoms with van der Waals surface area (Å²) in [5.41, 5.74) is -0.118. The first-order chi connectivity index (χ1) is 9.93. The summed E-state index contributed by atoms with van der Waals surface area (Å²) < 4.78 is 47.0. The highest BCUT2D eigenvalue weighted by Gasteiger charge is 2.16. The molecule has 1 amide bonds. The van der Waals surface area contributed by atoms with Crippen molar-refractivity contribution in [3.63, 3.8) is 0 Å². The molecular weight excluding hydrogens is 287 g/mol. The molecule has 0 heterocycles. The summed E-state index contributed by atoms with van der Waals surface area (Å²) >= 11 is 0. The third kappa shape index (κ3) is 6.03. The van der Waals surface area contributed by atoms with Gasteiger partial charge in [-0.15, -0.1) is 0 Å². The van der Waals surface area contributed by atoms with E-state index in [2.05, 4.69) is 10.1 Å². The van der Waals surface area contributed by atoms with Gasteiger partial charge in [0, 0.05) is 12.7 Å². The van der Waals surface area contributed by atoms with Crippen molar-refractivity contribution in [2.45, 2.75) is 39.4 Å². The molecule has 1 atom stereocenters. The summed E-state index contributed by atoms with van der Waals surface area (Å²) in [5, 5.41) is 2.34. The molecule has 118 valence electrons. The molecule has 0 spiro atoms. The Kier molecular flexibility index (Phi) is 7.01. The monoisotopic (exact) mass is 305 g/mol. The van der Waals surface area contributed by atoms with Crippen LogP contribution in [0.5, 0.6) is 5.75 Å². The molecule has 1 N–H and O–H groups in total. The van der Waals surface area contributed by atoms with E-state index in [1.54, 1.807) is 6.92 Å². The molecule has 0 saturated carbocycles. The van der Waals surface area contributed by atoms with Crippen LogP contribution >= 0.6 is 0 Å². The maximum absolute atomic E-state index is 13.7. The van der Waals surface area contributed by atoms with Crippen LogP contribution in [0.2, 0.25) is 0 Å². The first-order valence-corrected chi connectivity index (χ1v) is 6.60. The second-order valence-electron chi connectivity index (χ2n) is 4.38. The molecule has 0 bridgehead atoms. The molecule has 4 nitrogen and oxygen atoms in total. The topological polar surface area (TPSA) is 47.6 Å². The Morgan fingerprint density at radius 1 is 1.38 bits per heavy atom. The predicted molar refractivity (Wildman–Crippen MR) is 72.0 cm³/mol. The third-order valence-electron chi connectivity index (χ3n) is 2.66. The summed E-state index contributed by atoms with van der Waals surface area (Å²) in [7, 11) is 0. The van der Waals surface area contributed by atoms with Crippen molar-refractivity contribution < 1.29 is 27.4 Å². The number of amides is 1. The van der Waals surface area contributed by atoms with Crippen LogP contribution in [0.15, 0.2) is 18.2 Å². The molecule has 1 aromatic rings. The van der Waals surface area contributed by atoms with Crippen LogP contribution in [-0.2, 0) is 9.53 Å². The number of alkyl halides is 2. The molecule has 21 heavy (non-hydrogen) atoms. The third-order valence-corrected chi connectivity index (χ3v) is 2.66. The summed E-state index contributed by atoms with van der Waals surface area (Å²) in [6.45, 7) is 0.954. The number of hydrogen-bond acceptors (Lipinski definition) is 3. The Morgan fingerprint density at radius 3 is 2.67 bits per heavy atom. The van der Waals surface area contributed by atoms with Gasteiger partial charge < -0.3 is 14.8 Å². The molecule has 0 aromatic heterocycles. The number of nitrogens with one attached hydrogen (secondary N) is 1. The second kappa shape index (κ2) is 8.51. The zero-order valence-electron chi connectivity index (χ0n) is 11.9. The van der Waals surface area contributed by atoms with E-state index in [4.69, 9.17) is 4.74 Å². The first kappa shape index (κ1) is 17.3. The molecule has 0 unspecified atom stereocenters. The zero-order valence-corrected chi connectivity index (χ0v) is 11.9. The minimum absolute atomic E-state index is 0.118. The fraction of sp³-hybridized carbons (Fsp3) is 0.500. The highest BCUT2D eigenvalue weighted by Crippen LogP contribution is 2.22. The molecule has 0 saturated heterocycles. The lowest BCUT2D eigenvalue weighted by molar-refractivity contribution is -0.126. The van der Waals surface area contributed by atoms with Crippen LogP contribution in [0.25, 0.3) is 0 Å². The van der Waals surface area contributed by atoms with Crippen LogP contribution in [0, 0.1) is 5.82 Å². The molecule has 1 rings (SSSR count). The van der Waals surface area contributed by atoms with Crippen molar-refractivity contribution in [2.24, 2.45) is 0 Å². The lowest BCUT2D eigenvalue weighted by Gasteiger charge is -2.14. The zero-order chi connectivity index (χ0) is 15.8. The molecule has 7 heteroatoms. The Labute approximate surface area is 121 Å². The average molecular weight is 305 g/mol. The summed E-state index contributed by atoms with van der Waals surface area (Å²) in [5.74, 6) is -1.68. The number of carbonyl (C=O) groups is 1. The maximum Gasteiger partial charge on any atom is 0.387 e. The fourth-order valence-corrected chi connectivity index (χ4v) is 1.49. The number of rotatable bonds is 8. The second-order valence-corrected chi connectivity index (χ2v) is 4.38. The van der Waals surface area contributed by atoms with Gasteiger partial charge >= 0.3 is 6.61 Å². The van der Waals surface area contributed by atoms with Gasteiger partial charge in [-0.1, -0.05) is 13.3 Å². The Balaban J connectivity index is 2.59. The van der Waals surface area contributed by atoms with Crippen molar-refractivity contribution in [3.8, 4) is 5.75 Å². The van der Waals surface area contributed by atoms with Crippen LogP contribution in [-0.4, -0.2) is 25.2 Å². The molecule has 0 aliphatic heterocycles. The van der Waals surface area contributed by atoms with Crippen LogP contribution in [0.1, 0.15) is 26.7 Å². The van der Waals surface area contributed by atoms with Crippen LogP contribution in [0.3, 0.4) is 0 Å². The van der Waals surface area contributed by atoms with Gasteiger partial charge in [-0.25, -0.2) is 4.39 Å². The van der Waals surface area contributed by atoms with Crippen molar-refractivity contribution in [3.05, 3.63) is 24.0 Å². The lowest BCUT2D eigenvalue weighted by atomic mass is 10.2. The van der Waals surface area contributed by atoms with Crippen molar-refractivity contribution in [1.82, 2.24) is 0 Å². The number of anilines is 1. The smallest absolute Gasteiger partial charge is 0.387 e. The predicted octanol–water partition coefficient (Wildman–Crippen LogP) is 3.57. The minimum Gasteiger partial charge on any atom is -0.435 e. The lowest BCUT2D eigenvalue weighted by Crippen LogP contribution is -2.28. The van der Waals surface area contributed by atoms with E-state index >= 15 is 0 Å². The molecular formula is C14H18F3NO3. The maximum atomic E-state index is 13.7. The van der Waals surface area contributed by atoms with Crippen molar-refractivity contribution in [1.29, 1.82) is 0 Å². The molecule has 0 fully saturated rings. The van der Waals surface area contributed by atoms with Gasteiger partial charge in [0.15, 0.2) is 0 Å². The van der Waals surface area contributed by atoms with Gasteiger partial charge in [-0.3, -0.25) is 4.79 Å². The number of unbranched alkanes of at least 4 members (excludes halogenated alkanes) is 1. The minimum atomic E-state index is -3.03. The van der Waals surface area contributed by atoms with E-state index in [0.29, 0.717) is 6.61 Å². The van der Waals surface area contributed by atoms with Gasteiger partial charge in [0.2, 0.25) is 0 Å². The number of carbonyl (C=O) groups excluding carboxylic acids is 1. The van der Waals surface area contributed by atoms with E-state index in [1.807, 2.05) is 6.92 Å². The fourth-order valence-electron chi connectivity index (χ4n) is 1.49. The number of ether oxygens (including phenoxy) is 2. The van der Waals surface area contributed by atoms with Crippen molar-refractivity contribution >= 4 is 11.6 Å². The summed E-state index contributed by atoms with van der Waals surface area (Å²) in [4.78, 5) is 11.8. The highest BCUT2D eigenvalue weighted by atomic mass is 19.3. The Morgan fingerprint density at radius 2 is 2.10 bits per heavy atom. The Hall–Kier alpha value is -1.76. The van der Waals surface area contributed by atoms with E-state index in [1.165, 1.54) is 0 Å². The molecule has 0 aliphatic carbocycles. The normalized spacial score (nSPS) is 12.3. The van der Waals surface area contributed by atoms with Crippen molar-refractivity contribution in [2.75, 3.05) is 11.9 Å². The van der Waals surface area contributed by atoms with Gasteiger partial charge in [-0.05, 0) is 25.5 Å². The Bertz CT molecular complexity index is 469. The first-order valence-electron chi connectivity index (χ1n) is 6.60. The van der Waals surface area contributed by atoms with E-state index in [9.17, 15) is 18.0 Å². The van der Waals surface area contributed by atoms with Crippen LogP contribution in [0.4, 0.5) is 18.9 Å². The van der Waals surface area contributed by atoms with Gasteiger partial charge in [0.25, 0.3) is 5.91 Å². The summed E-state index contributed by atoms with van der Waals surface area (Å²) in [6.07, 6.45) is 1.04. The van der Waals surface area contributed by atoms with Crippen LogP contribution < -0.4 is 10.1 Å². The SMILES string of the molecule is CCCCO[C@H](C)C(=O)Nc1ccc(OC(F)F)cc1F. The molecule has 0 radical (unpaired) electrons. The summed E-state index contributed by atoms with van der Waals surface area (Å²) in [6, 6.07) is 3.08. The molecule has 1 aromatic carbocycles. The largest absolute Gasteiger partial charge is 0.435 e. The van der Waals surface area contributed by atoms with Gasteiger partial charge in [0.05, 0.1) is 5.69 Å². The molecule has 0 aliphatic rings. The average Bonchev–Trinajstić information content (AvgIpc) is 2.41. The van der Waals surface area contributed by atoms with E-state index < -0.39 is 24.4 Å². The standard InChI is InChI=1S/C14H18F3NO3/c1-3-4-7-20-9(2)13(19)18-12-6-5-10(8-11(12)15)21-14(16)17/h5-6,8-9,14H,3-4,7H2,1-2H3,(H,18,19)/t9-/m1/s1. The van der Waals surface area contributed by atoms with E-state index in [0.717, 1.165) is 31.0 Å². The number of hydrogen-bond donors (Lipinski definition) is 1. The van der Waals surface area contributed by atoms with Gasteiger partial charge in [-0.2, -0.15) is 8.78 Å². The quantitative estimate of drug-likeness (QED) is 0.747. The van der Waals surface area contributed by atoms with E-state index in [-0.39, 0.29) is 11.4 Å². The highest BCUT2D eigenvalue weighted by molar-refractivity contribution is 5.94. The van der Waals surface area contributed by atoms with Gasteiger partial charge in [0.1, 0.15) is 17.7 Å². The number of halogens is 3.